The molecule has 0 aromatic heterocycles. The normalized spacial score (nSPS) is 12.7. The van der Waals surface area contributed by atoms with E-state index in [0.717, 1.165) is 5.56 Å². The molecular weight excluding hydrogens is 412 g/mol. The average molecular weight is 423 g/mol. The lowest BCUT2D eigenvalue weighted by atomic mass is 10.2. The van der Waals surface area contributed by atoms with Gasteiger partial charge in [-0.05, 0) is 40.5 Å². The minimum atomic E-state index is -4.09. The van der Waals surface area contributed by atoms with Crippen LogP contribution in [-0.4, -0.2) is 32.6 Å². The summed E-state index contributed by atoms with van der Waals surface area (Å²) in [5.74, 6) is -3.50. The Kier molecular flexibility index (Phi) is 5.47. The number of rotatable bonds is 5. The second-order valence-electron chi connectivity index (χ2n) is 3.87. The van der Waals surface area contributed by atoms with Crippen molar-refractivity contribution in [3.63, 3.8) is 0 Å². The number of alkyl halides is 2. The third-order valence-electron chi connectivity index (χ3n) is 2.25. The second-order valence-corrected chi connectivity index (χ2v) is 7.31. The highest BCUT2D eigenvalue weighted by Gasteiger charge is 2.31. The van der Waals surface area contributed by atoms with Crippen molar-refractivity contribution in [1.82, 2.24) is 4.72 Å². The minimum Gasteiger partial charge on any atom is -0.390 e. The number of aryl methyl sites for hydroxylation is 1. The van der Waals surface area contributed by atoms with Gasteiger partial charge in [-0.3, -0.25) is 0 Å². The van der Waals surface area contributed by atoms with Crippen LogP contribution in [0.4, 0.5) is 8.78 Å². The first-order valence-corrected chi connectivity index (χ1v) is 8.10. The highest BCUT2D eigenvalue weighted by Crippen LogP contribution is 2.29. The Morgan fingerprint density at radius 2 is 1.89 bits per heavy atom. The molecule has 0 saturated carbocycles. The molecule has 0 aliphatic rings. The highest BCUT2D eigenvalue weighted by molar-refractivity contribution is 9.11. The van der Waals surface area contributed by atoms with Gasteiger partial charge in [-0.2, -0.15) is 0 Å². The lowest BCUT2D eigenvalue weighted by molar-refractivity contribution is -0.0437. The maximum Gasteiger partial charge on any atom is 0.283 e. The van der Waals surface area contributed by atoms with E-state index in [2.05, 4.69) is 31.9 Å². The third kappa shape index (κ3) is 4.45. The van der Waals surface area contributed by atoms with E-state index >= 15 is 0 Å². The van der Waals surface area contributed by atoms with E-state index in [1.54, 1.807) is 17.7 Å². The van der Waals surface area contributed by atoms with Gasteiger partial charge in [-0.15, -0.1) is 0 Å². The zero-order valence-corrected chi connectivity index (χ0v) is 13.7. The van der Waals surface area contributed by atoms with Crippen LogP contribution < -0.4 is 4.72 Å². The summed E-state index contributed by atoms with van der Waals surface area (Å²) in [5.41, 5.74) is 0.798. The SMILES string of the molecule is Cc1cc(Br)c(S(=O)(=O)NCC(F)(F)CO)cc1Br. The molecule has 1 rings (SSSR count). The van der Waals surface area contributed by atoms with Crippen LogP contribution in [0.1, 0.15) is 5.56 Å². The van der Waals surface area contributed by atoms with Gasteiger partial charge < -0.3 is 5.11 Å². The lowest BCUT2D eigenvalue weighted by Gasteiger charge is -2.15. The fourth-order valence-corrected chi connectivity index (χ4v) is 3.91. The van der Waals surface area contributed by atoms with E-state index in [4.69, 9.17) is 5.11 Å². The third-order valence-corrected chi connectivity index (χ3v) is 5.47. The van der Waals surface area contributed by atoms with Crippen molar-refractivity contribution in [3.8, 4) is 0 Å². The Hall–Kier alpha value is -0.0900. The molecule has 1 aromatic rings. The molecule has 0 spiro atoms. The highest BCUT2D eigenvalue weighted by atomic mass is 79.9. The summed E-state index contributed by atoms with van der Waals surface area (Å²) in [4.78, 5) is -0.154. The Morgan fingerprint density at radius 1 is 1.32 bits per heavy atom. The summed E-state index contributed by atoms with van der Waals surface area (Å²) < 4.78 is 52.1. The molecular formula is C10H11Br2F2NO3S. The summed E-state index contributed by atoms with van der Waals surface area (Å²) in [6.45, 7) is -0.823. The molecule has 0 fully saturated rings. The lowest BCUT2D eigenvalue weighted by Crippen LogP contribution is -2.39. The van der Waals surface area contributed by atoms with Gasteiger partial charge in [0.05, 0.1) is 11.4 Å². The predicted molar refractivity (Wildman–Crippen MR) is 73.8 cm³/mol. The molecule has 108 valence electrons. The van der Waals surface area contributed by atoms with Crippen molar-refractivity contribution in [1.29, 1.82) is 0 Å². The topological polar surface area (TPSA) is 66.4 Å². The quantitative estimate of drug-likeness (QED) is 0.765. The van der Waals surface area contributed by atoms with Crippen molar-refractivity contribution in [3.05, 3.63) is 26.6 Å². The van der Waals surface area contributed by atoms with E-state index in [9.17, 15) is 17.2 Å². The first-order valence-electron chi connectivity index (χ1n) is 5.03. The van der Waals surface area contributed by atoms with Crippen LogP contribution in [0.2, 0.25) is 0 Å². The second kappa shape index (κ2) is 6.13. The van der Waals surface area contributed by atoms with Gasteiger partial charge in [-0.25, -0.2) is 21.9 Å². The predicted octanol–water partition coefficient (Wildman–Crippen LogP) is 2.43. The number of aliphatic hydroxyl groups is 1. The van der Waals surface area contributed by atoms with Gasteiger partial charge >= 0.3 is 0 Å². The van der Waals surface area contributed by atoms with Crippen LogP contribution in [-0.2, 0) is 10.0 Å². The van der Waals surface area contributed by atoms with Gasteiger partial charge in [-0.1, -0.05) is 15.9 Å². The standard InChI is InChI=1S/C10H11Br2F2NO3S/c1-6-2-8(12)9(3-7(6)11)19(17,18)15-4-10(13,14)5-16/h2-3,15-16H,4-5H2,1H3. The number of nitrogens with one attached hydrogen (secondary N) is 1. The first kappa shape index (κ1) is 17.0. The number of hydrogen-bond acceptors (Lipinski definition) is 3. The molecule has 0 atom stereocenters. The number of halogens is 4. The molecule has 0 radical (unpaired) electrons. The van der Waals surface area contributed by atoms with Crippen molar-refractivity contribution in [2.45, 2.75) is 17.7 Å². The van der Waals surface area contributed by atoms with Crippen molar-refractivity contribution >= 4 is 41.9 Å². The molecule has 0 aliphatic carbocycles. The van der Waals surface area contributed by atoms with Gasteiger partial charge in [0.1, 0.15) is 6.61 Å². The number of hydrogen-bond donors (Lipinski definition) is 2. The molecule has 0 bridgehead atoms. The first-order chi connectivity index (χ1) is 8.59. The van der Waals surface area contributed by atoms with Crippen molar-refractivity contribution < 1.29 is 22.3 Å². The molecule has 0 heterocycles. The van der Waals surface area contributed by atoms with Gasteiger partial charge in [0.15, 0.2) is 0 Å². The van der Waals surface area contributed by atoms with E-state index in [1.165, 1.54) is 6.07 Å². The summed E-state index contributed by atoms with van der Waals surface area (Å²) in [6, 6.07) is 2.88. The smallest absolute Gasteiger partial charge is 0.283 e. The largest absolute Gasteiger partial charge is 0.390 e. The zero-order chi connectivity index (χ0) is 14.8. The van der Waals surface area contributed by atoms with Crippen molar-refractivity contribution in [2.75, 3.05) is 13.2 Å². The summed E-state index contributed by atoms with van der Waals surface area (Å²) >= 11 is 6.25. The van der Waals surface area contributed by atoms with Gasteiger partial charge in [0.2, 0.25) is 10.0 Å². The molecule has 4 nitrogen and oxygen atoms in total. The summed E-state index contributed by atoms with van der Waals surface area (Å²) in [6.07, 6.45) is 0. The number of benzene rings is 1. The van der Waals surface area contributed by atoms with E-state index in [0.29, 0.717) is 4.47 Å². The van der Waals surface area contributed by atoms with E-state index in [-0.39, 0.29) is 9.37 Å². The molecule has 2 N–H and O–H groups in total. The fraction of sp³-hybridized carbons (Fsp3) is 0.400. The molecule has 19 heavy (non-hydrogen) atoms. The van der Waals surface area contributed by atoms with E-state index < -0.39 is 29.1 Å². The number of sulfonamides is 1. The molecule has 0 aliphatic heterocycles. The van der Waals surface area contributed by atoms with Gasteiger partial charge in [0, 0.05) is 8.95 Å². The van der Waals surface area contributed by atoms with Gasteiger partial charge in [0.25, 0.3) is 5.92 Å². The Labute approximate surface area is 126 Å². The minimum absolute atomic E-state index is 0.154. The van der Waals surface area contributed by atoms with Crippen LogP contribution in [0.25, 0.3) is 0 Å². The summed E-state index contributed by atoms with van der Waals surface area (Å²) in [7, 11) is -4.09. The van der Waals surface area contributed by atoms with E-state index in [1.807, 2.05) is 0 Å². The molecule has 1 aromatic carbocycles. The average Bonchev–Trinajstić information content (AvgIpc) is 2.31. The maximum absolute atomic E-state index is 12.8. The number of aliphatic hydroxyl groups excluding tert-OH is 1. The Balaban J connectivity index is 3.05. The molecule has 0 amide bonds. The Bertz CT molecular complexity index is 578. The van der Waals surface area contributed by atoms with Crippen molar-refractivity contribution in [2.24, 2.45) is 0 Å². The fourth-order valence-electron chi connectivity index (χ4n) is 1.17. The molecule has 0 unspecified atom stereocenters. The van der Waals surface area contributed by atoms with Crippen LogP contribution in [0.5, 0.6) is 0 Å². The monoisotopic (exact) mass is 421 g/mol. The summed E-state index contributed by atoms with van der Waals surface area (Å²) in [5, 5.41) is 8.39. The zero-order valence-electron chi connectivity index (χ0n) is 9.75. The van der Waals surface area contributed by atoms with Crippen LogP contribution >= 0.6 is 31.9 Å². The molecule has 0 saturated heterocycles. The molecule has 9 heteroatoms. The Morgan fingerprint density at radius 3 is 2.42 bits per heavy atom. The van der Waals surface area contributed by atoms with Crippen LogP contribution in [0, 0.1) is 6.92 Å². The van der Waals surface area contributed by atoms with Crippen LogP contribution in [0.15, 0.2) is 26.0 Å². The van der Waals surface area contributed by atoms with Crippen LogP contribution in [0.3, 0.4) is 0 Å². The maximum atomic E-state index is 12.8.